The summed E-state index contributed by atoms with van der Waals surface area (Å²) < 4.78 is 38.4. The van der Waals surface area contributed by atoms with Crippen LogP contribution in [0, 0.1) is 0 Å². The zero-order chi connectivity index (χ0) is 20.9. The fourth-order valence-corrected chi connectivity index (χ4v) is 2.95. The van der Waals surface area contributed by atoms with Gasteiger partial charge in [0.05, 0.1) is 12.1 Å². The molecule has 0 spiro atoms. The second kappa shape index (κ2) is 8.91. The lowest BCUT2D eigenvalue weighted by Gasteiger charge is -2.34. The molecule has 1 aromatic rings. The van der Waals surface area contributed by atoms with Gasteiger partial charge >= 0.3 is 12.2 Å². The van der Waals surface area contributed by atoms with Crippen molar-refractivity contribution in [3.63, 3.8) is 0 Å². The Morgan fingerprint density at radius 1 is 1.04 bits per heavy atom. The molecule has 2 rings (SSSR count). The number of nitrogens with one attached hydrogen (secondary N) is 2. The van der Waals surface area contributed by atoms with E-state index in [9.17, 15) is 22.8 Å². The Labute approximate surface area is 163 Å². The highest BCUT2D eigenvalue weighted by molar-refractivity contribution is 5.95. The van der Waals surface area contributed by atoms with Crippen molar-refractivity contribution in [3.8, 4) is 0 Å². The van der Waals surface area contributed by atoms with Gasteiger partial charge in [-0.3, -0.25) is 19.9 Å². The highest BCUT2D eigenvalue weighted by Gasteiger charge is 2.30. The third kappa shape index (κ3) is 7.47. The van der Waals surface area contributed by atoms with Crippen LogP contribution in [0.1, 0.15) is 31.9 Å². The zero-order valence-corrected chi connectivity index (χ0v) is 16.4. The van der Waals surface area contributed by atoms with Crippen LogP contribution in [0.3, 0.4) is 0 Å². The molecule has 1 aromatic carbocycles. The van der Waals surface area contributed by atoms with Gasteiger partial charge in [0.25, 0.3) is 0 Å². The maximum absolute atomic E-state index is 12.8. The van der Waals surface area contributed by atoms with Gasteiger partial charge in [-0.1, -0.05) is 18.2 Å². The number of halogens is 3. The summed E-state index contributed by atoms with van der Waals surface area (Å²) in [5, 5.41) is 4.96. The molecule has 0 bridgehead atoms. The summed E-state index contributed by atoms with van der Waals surface area (Å²) in [4.78, 5) is 27.7. The second-order valence-corrected chi connectivity index (χ2v) is 8.00. The molecule has 6 nitrogen and oxygen atoms in total. The first kappa shape index (κ1) is 22.2. The normalized spacial score (nSPS) is 16.6. The molecule has 1 fully saturated rings. The predicted molar refractivity (Wildman–Crippen MR) is 99.6 cm³/mol. The molecular formula is C19H27F3N4O2. The summed E-state index contributed by atoms with van der Waals surface area (Å²) >= 11 is 0. The van der Waals surface area contributed by atoms with Gasteiger partial charge in [0.1, 0.15) is 0 Å². The number of nitrogens with zero attached hydrogens (tertiary/aromatic N) is 2. The smallest absolute Gasteiger partial charge is 0.333 e. The monoisotopic (exact) mass is 400 g/mol. The van der Waals surface area contributed by atoms with Crippen LogP contribution >= 0.6 is 0 Å². The number of hydrogen-bond acceptors (Lipinski definition) is 4. The predicted octanol–water partition coefficient (Wildman–Crippen LogP) is 2.45. The number of carbonyl (C=O) groups excluding carboxylic acids is 2. The van der Waals surface area contributed by atoms with Crippen LogP contribution in [0.25, 0.3) is 0 Å². The first-order chi connectivity index (χ1) is 12.9. The van der Waals surface area contributed by atoms with Gasteiger partial charge in [-0.05, 0) is 32.4 Å². The largest absolute Gasteiger partial charge is 0.416 e. The fraction of sp³-hybridized carbons (Fsp3) is 0.579. The number of alkyl halides is 3. The van der Waals surface area contributed by atoms with E-state index in [0.29, 0.717) is 38.3 Å². The van der Waals surface area contributed by atoms with Gasteiger partial charge in [0, 0.05) is 38.3 Å². The van der Waals surface area contributed by atoms with E-state index < -0.39 is 23.3 Å². The summed E-state index contributed by atoms with van der Waals surface area (Å²) in [5.41, 5.74) is -0.465. The molecule has 2 N–H and O–H groups in total. The van der Waals surface area contributed by atoms with E-state index in [1.807, 2.05) is 25.7 Å². The Kier molecular flexibility index (Phi) is 7.06. The minimum absolute atomic E-state index is 0.106. The quantitative estimate of drug-likeness (QED) is 0.815. The summed E-state index contributed by atoms with van der Waals surface area (Å²) in [5.74, 6) is -0.381. The Balaban J connectivity index is 1.77. The van der Waals surface area contributed by atoms with Crippen LogP contribution in [0.4, 0.5) is 18.0 Å². The standard InChI is InChI=1S/C19H27F3N4O2/c1-18(2,3)24-17(28)23-16(27)13-26-9-7-25(8-10-26)12-14-5-4-6-15(11-14)19(20,21)22/h4-6,11H,7-10,12-13H2,1-3H3,(H2,23,24,27,28). The van der Waals surface area contributed by atoms with E-state index in [0.717, 1.165) is 6.07 Å². The van der Waals surface area contributed by atoms with E-state index in [2.05, 4.69) is 15.5 Å². The Morgan fingerprint density at radius 2 is 1.64 bits per heavy atom. The van der Waals surface area contributed by atoms with Gasteiger partial charge < -0.3 is 5.32 Å². The van der Waals surface area contributed by atoms with Gasteiger partial charge in [-0.2, -0.15) is 13.2 Å². The van der Waals surface area contributed by atoms with Crippen molar-refractivity contribution in [1.82, 2.24) is 20.4 Å². The van der Waals surface area contributed by atoms with Gasteiger partial charge in [0.2, 0.25) is 5.91 Å². The lowest BCUT2D eigenvalue weighted by Crippen LogP contribution is -2.52. The summed E-state index contributed by atoms with van der Waals surface area (Å²) in [6, 6.07) is 4.81. The molecule has 156 valence electrons. The molecule has 28 heavy (non-hydrogen) atoms. The Bertz CT molecular complexity index is 693. The topological polar surface area (TPSA) is 64.7 Å². The maximum atomic E-state index is 12.8. The Morgan fingerprint density at radius 3 is 2.21 bits per heavy atom. The molecule has 0 radical (unpaired) electrons. The zero-order valence-electron chi connectivity index (χ0n) is 16.4. The minimum Gasteiger partial charge on any atom is -0.333 e. The molecule has 1 aliphatic rings. The van der Waals surface area contributed by atoms with Gasteiger partial charge in [-0.25, -0.2) is 4.79 Å². The molecular weight excluding hydrogens is 373 g/mol. The van der Waals surface area contributed by atoms with Gasteiger partial charge in [-0.15, -0.1) is 0 Å². The number of hydrogen-bond donors (Lipinski definition) is 2. The van der Waals surface area contributed by atoms with E-state index >= 15 is 0 Å². The lowest BCUT2D eigenvalue weighted by molar-refractivity contribution is -0.137. The molecule has 0 saturated carbocycles. The number of amides is 3. The Hall–Kier alpha value is -2.13. The van der Waals surface area contributed by atoms with Crippen molar-refractivity contribution < 1.29 is 22.8 Å². The number of carbonyl (C=O) groups is 2. The maximum Gasteiger partial charge on any atom is 0.416 e. The fourth-order valence-electron chi connectivity index (χ4n) is 2.95. The second-order valence-electron chi connectivity index (χ2n) is 8.00. The number of rotatable bonds is 4. The van der Waals surface area contributed by atoms with Crippen molar-refractivity contribution in [3.05, 3.63) is 35.4 Å². The third-order valence-electron chi connectivity index (χ3n) is 4.23. The van der Waals surface area contributed by atoms with Crippen LogP contribution in [0.15, 0.2) is 24.3 Å². The van der Waals surface area contributed by atoms with Gasteiger partial charge in [0.15, 0.2) is 0 Å². The summed E-state index contributed by atoms with van der Waals surface area (Å²) in [7, 11) is 0. The molecule has 0 atom stereocenters. The van der Waals surface area contributed by atoms with Crippen LogP contribution in [0.5, 0.6) is 0 Å². The molecule has 0 aliphatic carbocycles. The number of benzene rings is 1. The first-order valence-electron chi connectivity index (χ1n) is 9.15. The van der Waals surface area contributed by atoms with Crippen LogP contribution in [-0.4, -0.2) is 60.0 Å². The highest BCUT2D eigenvalue weighted by Crippen LogP contribution is 2.29. The van der Waals surface area contributed by atoms with Crippen LogP contribution in [-0.2, 0) is 17.5 Å². The van der Waals surface area contributed by atoms with Crippen molar-refractivity contribution in [1.29, 1.82) is 0 Å². The van der Waals surface area contributed by atoms with Crippen LogP contribution in [0.2, 0.25) is 0 Å². The van der Waals surface area contributed by atoms with Crippen LogP contribution < -0.4 is 10.6 Å². The molecule has 1 heterocycles. The van der Waals surface area contributed by atoms with Crippen molar-refractivity contribution in [2.24, 2.45) is 0 Å². The summed E-state index contributed by atoms with van der Waals surface area (Å²) in [6.45, 7) is 8.48. The number of urea groups is 1. The van der Waals surface area contributed by atoms with E-state index in [1.54, 1.807) is 6.07 Å². The number of piperazine rings is 1. The molecule has 1 saturated heterocycles. The van der Waals surface area contributed by atoms with Crippen molar-refractivity contribution in [2.75, 3.05) is 32.7 Å². The molecule has 9 heteroatoms. The van der Waals surface area contributed by atoms with E-state index in [4.69, 9.17) is 0 Å². The lowest BCUT2D eigenvalue weighted by atomic mass is 10.1. The van der Waals surface area contributed by atoms with E-state index in [1.165, 1.54) is 12.1 Å². The molecule has 0 aromatic heterocycles. The molecule has 0 unspecified atom stereocenters. The molecule has 1 aliphatic heterocycles. The highest BCUT2D eigenvalue weighted by atomic mass is 19.4. The SMILES string of the molecule is CC(C)(C)NC(=O)NC(=O)CN1CCN(Cc2cccc(C(F)(F)F)c2)CC1. The van der Waals surface area contributed by atoms with Crippen molar-refractivity contribution >= 4 is 11.9 Å². The van der Waals surface area contributed by atoms with Crippen molar-refractivity contribution in [2.45, 2.75) is 39.0 Å². The summed E-state index contributed by atoms with van der Waals surface area (Å²) in [6.07, 6.45) is -4.35. The number of imide groups is 1. The van der Waals surface area contributed by atoms with E-state index in [-0.39, 0.29) is 12.5 Å². The minimum atomic E-state index is -4.35. The molecule has 3 amide bonds. The average Bonchev–Trinajstić information content (AvgIpc) is 2.54. The first-order valence-corrected chi connectivity index (χ1v) is 9.15. The average molecular weight is 400 g/mol. The third-order valence-corrected chi connectivity index (χ3v) is 4.23.